The van der Waals surface area contributed by atoms with Gasteiger partial charge in [0.15, 0.2) is 0 Å². The maximum Gasteiger partial charge on any atom is 0.233 e. The first-order valence-corrected chi connectivity index (χ1v) is 7.86. The number of rotatable bonds is 9. The molecule has 2 N–H and O–H groups in total. The van der Waals surface area contributed by atoms with E-state index < -0.39 is 0 Å². The minimum atomic E-state index is -0.217. The second-order valence-corrected chi connectivity index (χ2v) is 6.17. The van der Waals surface area contributed by atoms with Crippen molar-refractivity contribution < 1.29 is 4.79 Å². The predicted molar refractivity (Wildman–Crippen MR) is 79.6 cm³/mol. The molecular formula is C12H24N6OS. The van der Waals surface area contributed by atoms with E-state index in [2.05, 4.69) is 33.1 Å². The third-order valence-electron chi connectivity index (χ3n) is 2.51. The fraction of sp³-hybridized carbons (Fsp3) is 0.833. The van der Waals surface area contributed by atoms with E-state index in [0.29, 0.717) is 11.7 Å². The average Bonchev–Trinajstić information content (AvgIpc) is 2.81. The largest absolute Gasteiger partial charge is 0.353 e. The van der Waals surface area contributed by atoms with E-state index in [-0.39, 0.29) is 17.2 Å². The molecule has 1 atom stereocenters. The Morgan fingerprint density at radius 2 is 2.10 bits per heavy atom. The number of amides is 1. The second kappa shape index (κ2) is 8.91. The summed E-state index contributed by atoms with van der Waals surface area (Å²) in [6.45, 7) is 10.4. The fourth-order valence-corrected chi connectivity index (χ4v) is 2.35. The summed E-state index contributed by atoms with van der Waals surface area (Å²) in [4.78, 5) is 11.9. The van der Waals surface area contributed by atoms with Crippen LogP contribution in [0.3, 0.4) is 0 Å². The molecule has 1 amide bonds. The van der Waals surface area contributed by atoms with Gasteiger partial charge in [-0.1, -0.05) is 18.7 Å². The summed E-state index contributed by atoms with van der Waals surface area (Å²) in [6.07, 6.45) is 1.10. The number of aromatic nitrogens is 4. The van der Waals surface area contributed by atoms with Crippen LogP contribution >= 0.6 is 11.8 Å². The van der Waals surface area contributed by atoms with Gasteiger partial charge in [0.25, 0.3) is 0 Å². The SMILES string of the molecule is CCCNCCn1nnnc1SC(C)C(=O)NC(C)C. The highest BCUT2D eigenvalue weighted by Crippen LogP contribution is 2.20. The number of hydrogen-bond acceptors (Lipinski definition) is 6. The van der Waals surface area contributed by atoms with Crippen molar-refractivity contribution in [2.24, 2.45) is 0 Å². The van der Waals surface area contributed by atoms with E-state index in [1.54, 1.807) is 4.68 Å². The molecule has 0 aliphatic heterocycles. The summed E-state index contributed by atoms with van der Waals surface area (Å²) in [5.74, 6) is 0.00339. The van der Waals surface area contributed by atoms with Crippen LogP contribution < -0.4 is 10.6 Å². The van der Waals surface area contributed by atoms with Crippen LogP contribution in [0.5, 0.6) is 0 Å². The number of tetrazole rings is 1. The summed E-state index contributed by atoms with van der Waals surface area (Å²) < 4.78 is 1.73. The van der Waals surface area contributed by atoms with Gasteiger partial charge in [-0.05, 0) is 44.2 Å². The van der Waals surface area contributed by atoms with Gasteiger partial charge in [-0.2, -0.15) is 0 Å². The minimum Gasteiger partial charge on any atom is -0.353 e. The van der Waals surface area contributed by atoms with Gasteiger partial charge in [-0.25, -0.2) is 4.68 Å². The highest BCUT2D eigenvalue weighted by Gasteiger charge is 2.18. The van der Waals surface area contributed by atoms with Crippen molar-refractivity contribution in [3.63, 3.8) is 0 Å². The molecule has 20 heavy (non-hydrogen) atoms. The van der Waals surface area contributed by atoms with Gasteiger partial charge in [0.05, 0.1) is 11.8 Å². The Balaban J connectivity index is 2.47. The molecule has 1 aromatic heterocycles. The number of carbonyl (C=O) groups excluding carboxylic acids is 1. The van der Waals surface area contributed by atoms with E-state index in [1.165, 1.54) is 11.8 Å². The smallest absolute Gasteiger partial charge is 0.233 e. The lowest BCUT2D eigenvalue weighted by atomic mass is 10.3. The number of thioether (sulfide) groups is 1. The zero-order chi connectivity index (χ0) is 15.0. The monoisotopic (exact) mass is 300 g/mol. The third-order valence-corrected chi connectivity index (χ3v) is 3.58. The normalized spacial score (nSPS) is 12.7. The highest BCUT2D eigenvalue weighted by molar-refractivity contribution is 8.00. The first-order chi connectivity index (χ1) is 9.54. The Labute approximate surface area is 124 Å². The molecule has 7 nitrogen and oxygen atoms in total. The molecule has 1 rings (SSSR count). The molecule has 114 valence electrons. The van der Waals surface area contributed by atoms with Crippen LogP contribution in [0.4, 0.5) is 0 Å². The van der Waals surface area contributed by atoms with Crippen molar-refractivity contribution in [1.29, 1.82) is 0 Å². The van der Waals surface area contributed by atoms with Gasteiger partial charge in [-0.15, -0.1) is 5.10 Å². The van der Waals surface area contributed by atoms with Crippen LogP contribution in [-0.4, -0.2) is 50.5 Å². The molecule has 0 spiro atoms. The molecule has 1 unspecified atom stereocenters. The molecule has 0 radical (unpaired) electrons. The fourth-order valence-electron chi connectivity index (χ4n) is 1.52. The Morgan fingerprint density at radius 1 is 1.35 bits per heavy atom. The zero-order valence-electron chi connectivity index (χ0n) is 12.6. The minimum absolute atomic E-state index is 0.00339. The molecule has 0 aliphatic rings. The van der Waals surface area contributed by atoms with Gasteiger partial charge in [0.1, 0.15) is 0 Å². The third kappa shape index (κ3) is 5.87. The highest BCUT2D eigenvalue weighted by atomic mass is 32.2. The van der Waals surface area contributed by atoms with Crippen molar-refractivity contribution >= 4 is 17.7 Å². The van der Waals surface area contributed by atoms with Crippen molar-refractivity contribution in [2.75, 3.05) is 13.1 Å². The van der Waals surface area contributed by atoms with E-state index in [4.69, 9.17) is 0 Å². The summed E-state index contributed by atoms with van der Waals surface area (Å²) >= 11 is 1.38. The van der Waals surface area contributed by atoms with Crippen molar-refractivity contribution in [1.82, 2.24) is 30.8 Å². The first kappa shape index (κ1) is 16.9. The quantitative estimate of drug-likeness (QED) is 0.515. The summed E-state index contributed by atoms with van der Waals surface area (Å²) in [5, 5.41) is 18.2. The molecule has 0 saturated heterocycles. The Bertz CT molecular complexity index is 408. The van der Waals surface area contributed by atoms with E-state index in [0.717, 1.165) is 19.5 Å². The lowest BCUT2D eigenvalue weighted by molar-refractivity contribution is -0.120. The Hall–Kier alpha value is -1.15. The van der Waals surface area contributed by atoms with Crippen LogP contribution in [0.15, 0.2) is 5.16 Å². The second-order valence-electron chi connectivity index (χ2n) is 4.86. The standard InChI is InChI=1S/C12H24N6OS/c1-5-6-13-7-8-18-12(15-16-17-18)20-10(4)11(19)14-9(2)3/h9-10,13H,5-8H2,1-4H3,(H,14,19). The van der Waals surface area contributed by atoms with Gasteiger partial charge in [0, 0.05) is 12.6 Å². The van der Waals surface area contributed by atoms with Crippen molar-refractivity contribution in [2.45, 2.75) is 57.1 Å². The van der Waals surface area contributed by atoms with Crippen LogP contribution in [0, 0.1) is 0 Å². The van der Waals surface area contributed by atoms with Crippen LogP contribution in [0.25, 0.3) is 0 Å². The van der Waals surface area contributed by atoms with E-state index >= 15 is 0 Å². The number of carbonyl (C=O) groups is 1. The molecule has 0 saturated carbocycles. The Kier molecular flexibility index (Phi) is 7.53. The van der Waals surface area contributed by atoms with Crippen LogP contribution in [0.1, 0.15) is 34.1 Å². The van der Waals surface area contributed by atoms with Crippen LogP contribution in [0.2, 0.25) is 0 Å². The molecule has 0 aliphatic carbocycles. The average molecular weight is 300 g/mol. The summed E-state index contributed by atoms with van der Waals surface area (Å²) in [7, 11) is 0. The van der Waals surface area contributed by atoms with Gasteiger partial charge in [-0.3, -0.25) is 4.79 Å². The number of hydrogen-bond donors (Lipinski definition) is 2. The molecular weight excluding hydrogens is 276 g/mol. The Morgan fingerprint density at radius 3 is 2.75 bits per heavy atom. The molecule has 1 aromatic rings. The van der Waals surface area contributed by atoms with Gasteiger partial charge in [0.2, 0.25) is 11.1 Å². The first-order valence-electron chi connectivity index (χ1n) is 6.98. The van der Waals surface area contributed by atoms with Gasteiger partial charge >= 0.3 is 0 Å². The molecule has 0 fully saturated rings. The molecule has 0 bridgehead atoms. The zero-order valence-corrected chi connectivity index (χ0v) is 13.4. The molecule has 1 heterocycles. The van der Waals surface area contributed by atoms with Crippen molar-refractivity contribution in [3.05, 3.63) is 0 Å². The van der Waals surface area contributed by atoms with Crippen LogP contribution in [-0.2, 0) is 11.3 Å². The van der Waals surface area contributed by atoms with E-state index in [1.807, 2.05) is 20.8 Å². The molecule has 8 heteroatoms. The lowest BCUT2D eigenvalue weighted by Gasteiger charge is -2.13. The summed E-state index contributed by atoms with van der Waals surface area (Å²) in [5.41, 5.74) is 0. The summed E-state index contributed by atoms with van der Waals surface area (Å²) in [6, 6.07) is 0.139. The maximum atomic E-state index is 11.9. The number of nitrogens with one attached hydrogen (secondary N) is 2. The predicted octanol–water partition coefficient (Wildman–Crippen LogP) is 0.678. The lowest BCUT2D eigenvalue weighted by Crippen LogP contribution is -2.36. The van der Waals surface area contributed by atoms with E-state index in [9.17, 15) is 4.79 Å². The number of nitrogens with zero attached hydrogens (tertiary/aromatic N) is 4. The molecule has 0 aromatic carbocycles. The maximum absolute atomic E-state index is 11.9. The topological polar surface area (TPSA) is 84.7 Å². The van der Waals surface area contributed by atoms with Crippen molar-refractivity contribution in [3.8, 4) is 0 Å². The van der Waals surface area contributed by atoms with Gasteiger partial charge < -0.3 is 10.6 Å².